The lowest BCUT2D eigenvalue weighted by atomic mass is 10.1. The first-order valence-corrected chi connectivity index (χ1v) is 10.0. The molecule has 31 heavy (non-hydrogen) atoms. The van der Waals surface area contributed by atoms with Gasteiger partial charge < -0.3 is 20.1 Å². The summed E-state index contributed by atoms with van der Waals surface area (Å²) in [6.07, 6.45) is 0.723. The zero-order valence-electron chi connectivity index (χ0n) is 17.5. The molecule has 3 aromatic rings. The Balaban J connectivity index is 1.74. The Morgan fingerprint density at radius 2 is 1.52 bits per heavy atom. The monoisotopic (exact) mass is 418 g/mol. The van der Waals surface area contributed by atoms with Crippen LogP contribution in [0.25, 0.3) is 0 Å². The minimum absolute atomic E-state index is 0.172. The van der Waals surface area contributed by atoms with Crippen molar-refractivity contribution >= 4 is 11.8 Å². The molecule has 2 N–H and O–H groups in total. The van der Waals surface area contributed by atoms with Gasteiger partial charge in [-0.3, -0.25) is 9.59 Å². The number of para-hydroxylation sites is 1. The largest absolute Gasteiger partial charge is 0.493 e. The molecule has 0 aromatic heterocycles. The van der Waals surface area contributed by atoms with Gasteiger partial charge in [0.2, 0.25) is 0 Å². The van der Waals surface area contributed by atoms with Crippen LogP contribution in [0.2, 0.25) is 0 Å². The normalized spacial score (nSPS) is 10.4. The predicted octanol–water partition coefficient (Wildman–Crippen LogP) is 3.44. The summed E-state index contributed by atoms with van der Waals surface area (Å²) in [5.74, 6) is -0.316. The summed E-state index contributed by atoms with van der Waals surface area (Å²) in [7, 11) is 1.47. The zero-order chi connectivity index (χ0) is 22.1. The molecule has 0 saturated heterocycles. The van der Waals surface area contributed by atoms with Crippen LogP contribution in [0, 0.1) is 0 Å². The van der Waals surface area contributed by atoms with Crippen molar-refractivity contribution in [3.8, 4) is 11.5 Å². The first-order chi connectivity index (χ1) is 15.1. The van der Waals surface area contributed by atoms with Gasteiger partial charge >= 0.3 is 0 Å². The number of benzene rings is 3. The Labute approximate surface area is 182 Å². The van der Waals surface area contributed by atoms with Crippen LogP contribution in [-0.4, -0.2) is 37.0 Å². The van der Waals surface area contributed by atoms with Crippen LogP contribution < -0.4 is 15.2 Å². The molecule has 3 aromatic carbocycles. The molecular weight excluding hydrogens is 392 g/mol. The summed E-state index contributed by atoms with van der Waals surface area (Å²) in [6.45, 7) is 0.766. The fourth-order valence-corrected chi connectivity index (χ4v) is 3.25. The van der Waals surface area contributed by atoms with E-state index in [1.165, 1.54) is 7.11 Å². The average molecular weight is 418 g/mol. The van der Waals surface area contributed by atoms with Gasteiger partial charge in [-0.25, -0.2) is 0 Å². The van der Waals surface area contributed by atoms with E-state index in [4.69, 9.17) is 15.2 Å². The van der Waals surface area contributed by atoms with E-state index in [9.17, 15) is 9.59 Å². The van der Waals surface area contributed by atoms with Crippen molar-refractivity contribution in [2.24, 2.45) is 5.73 Å². The quantitative estimate of drug-likeness (QED) is 0.547. The van der Waals surface area contributed by atoms with Gasteiger partial charge in [-0.1, -0.05) is 66.7 Å². The molecule has 2 amide bonds. The van der Waals surface area contributed by atoms with Gasteiger partial charge in [0, 0.05) is 13.1 Å². The summed E-state index contributed by atoms with van der Waals surface area (Å²) in [6, 6.07) is 24.6. The fraction of sp³-hybridized carbons (Fsp3) is 0.200. The molecule has 0 aliphatic rings. The van der Waals surface area contributed by atoms with Crippen LogP contribution in [0.4, 0.5) is 0 Å². The van der Waals surface area contributed by atoms with Gasteiger partial charge in [0.15, 0.2) is 18.1 Å². The number of nitrogens with two attached hydrogens (primary N) is 1. The summed E-state index contributed by atoms with van der Waals surface area (Å²) >= 11 is 0. The van der Waals surface area contributed by atoms with E-state index in [1.807, 2.05) is 60.7 Å². The molecule has 0 aliphatic heterocycles. The van der Waals surface area contributed by atoms with Crippen LogP contribution in [0.5, 0.6) is 11.5 Å². The second-order valence-electron chi connectivity index (χ2n) is 7.03. The molecule has 6 nitrogen and oxygen atoms in total. The second-order valence-corrected chi connectivity index (χ2v) is 7.03. The van der Waals surface area contributed by atoms with E-state index in [2.05, 4.69) is 0 Å². The summed E-state index contributed by atoms with van der Waals surface area (Å²) in [5, 5.41) is 0. The molecule has 0 saturated carbocycles. The van der Waals surface area contributed by atoms with Crippen molar-refractivity contribution in [3.05, 3.63) is 95.6 Å². The SMILES string of the molecule is COc1cccc(C(N)=O)c1OCC(=O)N(CCc1ccccc1)Cc1ccccc1. The van der Waals surface area contributed by atoms with Crippen LogP contribution in [0.15, 0.2) is 78.9 Å². The lowest BCUT2D eigenvalue weighted by molar-refractivity contribution is -0.134. The van der Waals surface area contributed by atoms with E-state index in [1.54, 1.807) is 23.1 Å². The van der Waals surface area contributed by atoms with Gasteiger partial charge in [-0.05, 0) is 29.7 Å². The Kier molecular flexibility index (Phi) is 7.65. The second kappa shape index (κ2) is 10.8. The Morgan fingerprint density at radius 3 is 2.13 bits per heavy atom. The molecule has 160 valence electrons. The van der Waals surface area contributed by atoms with Crippen LogP contribution in [0.1, 0.15) is 21.5 Å². The summed E-state index contributed by atoms with van der Waals surface area (Å²) in [5.41, 5.74) is 7.80. The van der Waals surface area contributed by atoms with Crippen molar-refractivity contribution in [1.82, 2.24) is 4.90 Å². The minimum atomic E-state index is -0.647. The van der Waals surface area contributed by atoms with Crippen molar-refractivity contribution in [3.63, 3.8) is 0 Å². The zero-order valence-corrected chi connectivity index (χ0v) is 17.5. The maximum absolute atomic E-state index is 13.1. The predicted molar refractivity (Wildman–Crippen MR) is 119 cm³/mol. The smallest absolute Gasteiger partial charge is 0.260 e. The fourth-order valence-electron chi connectivity index (χ4n) is 3.25. The van der Waals surface area contributed by atoms with Crippen molar-refractivity contribution in [2.75, 3.05) is 20.3 Å². The maximum atomic E-state index is 13.1. The highest BCUT2D eigenvalue weighted by atomic mass is 16.5. The van der Waals surface area contributed by atoms with Crippen molar-refractivity contribution in [2.45, 2.75) is 13.0 Å². The third-order valence-electron chi connectivity index (χ3n) is 4.89. The number of carbonyl (C=O) groups excluding carboxylic acids is 2. The van der Waals surface area contributed by atoms with Gasteiger partial charge in [-0.15, -0.1) is 0 Å². The molecule has 0 fully saturated rings. The Morgan fingerprint density at radius 1 is 0.871 bits per heavy atom. The number of carbonyl (C=O) groups is 2. The third-order valence-corrected chi connectivity index (χ3v) is 4.89. The number of methoxy groups -OCH3 is 1. The van der Waals surface area contributed by atoms with Gasteiger partial charge in [0.1, 0.15) is 0 Å². The molecular formula is C25H26N2O4. The number of hydrogen-bond donors (Lipinski definition) is 1. The number of primary amides is 1. The Hall–Kier alpha value is -3.80. The van der Waals surface area contributed by atoms with E-state index >= 15 is 0 Å². The summed E-state index contributed by atoms with van der Waals surface area (Å²) < 4.78 is 11.0. The Bertz CT molecular complexity index is 1010. The lowest BCUT2D eigenvalue weighted by Gasteiger charge is -2.23. The van der Waals surface area contributed by atoms with E-state index in [0.29, 0.717) is 18.8 Å². The molecule has 3 rings (SSSR count). The van der Waals surface area contributed by atoms with Crippen molar-refractivity contribution in [1.29, 1.82) is 0 Å². The number of amides is 2. The molecule has 0 spiro atoms. The standard InChI is InChI=1S/C25H26N2O4/c1-30-22-14-8-13-21(25(26)29)24(22)31-18-23(28)27(17-20-11-6-3-7-12-20)16-15-19-9-4-2-5-10-19/h2-14H,15-18H2,1H3,(H2,26,29). The van der Waals surface area contributed by atoms with E-state index in [0.717, 1.165) is 17.5 Å². The minimum Gasteiger partial charge on any atom is -0.493 e. The molecule has 0 radical (unpaired) electrons. The van der Waals surface area contributed by atoms with Gasteiger partial charge in [-0.2, -0.15) is 0 Å². The van der Waals surface area contributed by atoms with E-state index in [-0.39, 0.29) is 23.8 Å². The van der Waals surface area contributed by atoms with Crippen LogP contribution in [-0.2, 0) is 17.8 Å². The van der Waals surface area contributed by atoms with Gasteiger partial charge in [0.25, 0.3) is 11.8 Å². The molecule has 0 bridgehead atoms. The molecule has 6 heteroatoms. The highest BCUT2D eigenvalue weighted by molar-refractivity contribution is 5.96. The van der Waals surface area contributed by atoms with Gasteiger partial charge in [0.05, 0.1) is 12.7 Å². The van der Waals surface area contributed by atoms with Crippen LogP contribution >= 0.6 is 0 Å². The van der Waals surface area contributed by atoms with Crippen molar-refractivity contribution < 1.29 is 19.1 Å². The average Bonchev–Trinajstić information content (AvgIpc) is 2.81. The number of nitrogens with zero attached hydrogens (tertiary/aromatic N) is 1. The third kappa shape index (κ3) is 6.09. The molecule has 0 heterocycles. The first kappa shape index (κ1) is 21.9. The first-order valence-electron chi connectivity index (χ1n) is 10.0. The highest BCUT2D eigenvalue weighted by Gasteiger charge is 2.19. The van der Waals surface area contributed by atoms with E-state index < -0.39 is 5.91 Å². The number of rotatable bonds is 10. The maximum Gasteiger partial charge on any atom is 0.260 e. The topological polar surface area (TPSA) is 81.9 Å². The molecule has 0 unspecified atom stereocenters. The lowest BCUT2D eigenvalue weighted by Crippen LogP contribution is -2.36. The summed E-state index contributed by atoms with van der Waals surface area (Å²) in [4.78, 5) is 26.6. The molecule has 0 aliphatic carbocycles. The highest BCUT2D eigenvalue weighted by Crippen LogP contribution is 2.30. The number of hydrogen-bond acceptors (Lipinski definition) is 4. The molecule has 0 atom stereocenters. The van der Waals surface area contributed by atoms with Crippen LogP contribution in [0.3, 0.4) is 0 Å². The number of ether oxygens (including phenoxy) is 2.